The Morgan fingerprint density at radius 1 is 1.30 bits per heavy atom. The maximum Gasteiger partial charge on any atom is 0.141 e. The smallest absolute Gasteiger partial charge is 0.141 e. The van der Waals surface area contributed by atoms with Gasteiger partial charge in [0.25, 0.3) is 0 Å². The number of rotatable bonds is 5. The molecule has 2 rings (SSSR count). The first-order valence-electron chi connectivity index (χ1n) is 8.70. The van der Waals surface area contributed by atoms with Crippen molar-refractivity contribution < 1.29 is 0 Å². The molecule has 0 radical (unpaired) electrons. The van der Waals surface area contributed by atoms with Crippen LogP contribution in [0.4, 0.5) is 11.4 Å². The minimum absolute atomic E-state index is 0.0827. The van der Waals surface area contributed by atoms with Gasteiger partial charge < -0.3 is 16.8 Å². The molecule has 1 aromatic heterocycles. The maximum atomic E-state index is 9.25. The normalized spacial score (nSPS) is 12.2. The van der Waals surface area contributed by atoms with Gasteiger partial charge >= 0.3 is 0 Å². The van der Waals surface area contributed by atoms with Gasteiger partial charge in [0, 0.05) is 42.7 Å². The third-order valence-corrected chi connectivity index (χ3v) is 3.89. The third kappa shape index (κ3) is 5.08. The lowest BCUT2D eigenvalue weighted by atomic mass is 9.97. The second kappa shape index (κ2) is 8.37. The molecule has 27 heavy (non-hydrogen) atoms. The molecule has 0 amide bonds. The number of anilines is 2. The van der Waals surface area contributed by atoms with E-state index in [1.807, 2.05) is 31.3 Å². The Balaban J connectivity index is 2.54. The summed E-state index contributed by atoms with van der Waals surface area (Å²) in [6, 6.07) is 11.2. The Bertz CT molecular complexity index is 913. The Morgan fingerprint density at radius 2 is 2.04 bits per heavy atom. The van der Waals surface area contributed by atoms with Gasteiger partial charge in [0.05, 0.1) is 17.1 Å². The molecule has 0 saturated heterocycles. The average molecular weight is 362 g/mol. The standard InChI is InChI=1S/C21H26N6/c1-21(2,3)13-26-12-15(10-22)17-7-6-16(11-23)27-20(17)14-5-8-19(25-4)18(24)9-14/h5-10,12,25H,13,22,24H2,1-4H3. The van der Waals surface area contributed by atoms with Crippen LogP contribution >= 0.6 is 0 Å². The molecule has 0 saturated carbocycles. The van der Waals surface area contributed by atoms with Gasteiger partial charge in [-0.1, -0.05) is 26.8 Å². The number of benzene rings is 1. The van der Waals surface area contributed by atoms with Gasteiger partial charge in [0.15, 0.2) is 0 Å². The topological polar surface area (TPSA) is 113 Å². The molecular formula is C21H26N6. The third-order valence-electron chi connectivity index (χ3n) is 3.89. The largest absolute Gasteiger partial charge is 0.404 e. The van der Waals surface area contributed by atoms with Crippen molar-refractivity contribution >= 4 is 23.2 Å². The fourth-order valence-corrected chi connectivity index (χ4v) is 2.53. The number of aliphatic imine (C=N–C) groups is 1. The molecule has 2 aromatic rings. The highest BCUT2D eigenvalue weighted by atomic mass is 14.8. The fourth-order valence-electron chi connectivity index (χ4n) is 2.53. The zero-order valence-electron chi connectivity index (χ0n) is 16.2. The monoisotopic (exact) mass is 362 g/mol. The summed E-state index contributed by atoms with van der Waals surface area (Å²) in [7, 11) is 1.81. The molecule has 0 fully saturated rings. The molecule has 0 atom stereocenters. The number of aromatic nitrogens is 1. The number of nitrogens with zero attached hydrogens (tertiary/aromatic N) is 3. The second-order valence-electron chi connectivity index (χ2n) is 7.41. The van der Waals surface area contributed by atoms with Gasteiger partial charge in [-0.25, -0.2) is 4.98 Å². The molecule has 6 heteroatoms. The number of allylic oxidation sites excluding steroid dienone is 1. The first-order valence-corrected chi connectivity index (χ1v) is 8.70. The van der Waals surface area contributed by atoms with Crippen LogP contribution in [0.3, 0.4) is 0 Å². The van der Waals surface area contributed by atoms with Gasteiger partial charge in [0.1, 0.15) is 11.8 Å². The van der Waals surface area contributed by atoms with Crippen LogP contribution in [0.1, 0.15) is 32.0 Å². The van der Waals surface area contributed by atoms with E-state index in [0.29, 0.717) is 23.6 Å². The molecule has 140 valence electrons. The van der Waals surface area contributed by atoms with Crippen molar-refractivity contribution in [3.63, 3.8) is 0 Å². The molecule has 0 spiro atoms. The summed E-state index contributed by atoms with van der Waals surface area (Å²) in [6.07, 6.45) is 3.26. The van der Waals surface area contributed by atoms with Crippen molar-refractivity contribution in [2.75, 3.05) is 24.6 Å². The SMILES string of the molecule is CNc1ccc(-c2nc(C#N)ccc2C(C=NCC(C)(C)C)=CN)cc1N. The Morgan fingerprint density at radius 3 is 2.59 bits per heavy atom. The maximum absolute atomic E-state index is 9.25. The number of pyridine rings is 1. The van der Waals surface area contributed by atoms with Gasteiger partial charge in [0.2, 0.25) is 0 Å². The van der Waals surface area contributed by atoms with E-state index < -0.39 is 0 Å². The molecule has 0 unspecified atom stereocenters. The first kappa shape index (κ1) is 20.0. The molecule has 1 heterocycles. The summed E-state index contributed by atoms with van der Waals surface area (Å²) in [5.41, 5.74) is 16.8. The molecular weight excluding hydrogens is 336 g/mol. The van der Waals surface area contributed by atoms with E-state index in [4.69, 9.17) is 11.5 Å². The van der Waals surface area contributed by atoms with E-state index in [0.717, 1.165) is 22.4 Å². The second-order valence-corrected chi connectivity index (χ2v) is 7.41. The fraction of sp³-hybridized carbons (Fsp3) is 0.286. The highest BCUT2D eigenvalue weighted by molar-refractivity contribution is 6.11. The van der Waals surface area contributed by atoms with E-state index in [9.17, 15) is 5.26 Å². The van der Waals surface area contributed by atoms with Gasteiger partial charge in [-0.2, -0.15) is 5.26 Å². The molecule has 0 aliphatic heterocycles. The molecule has 0 bridgehead atoms. The first-order chi connectivity index (χ1) is 12.8. The van der Waals surface area contributed by atoms with Gasteiger partial charge in [-0.15, -0.1) is 0 Å². The summed E-state index contributed by atoms with van der Waals surface area (Å²) in [5.74, 6) is 0. The van der Waals surface area contributed by atoms with Crippen LogP contribution in [-0.4, -0.2) is 24.8 Å². The quantitative estimate of drug-likeness (QED) is 0.555. The summed E-state index contributed by atoms with van der Waals surface area (Å²) >= 11 is 0. The van der Waals surface area contributed by atoms with E-state index in [1.54, 1.807) is 12.3 Å². The van der Waals surface area contributed by atoms with Gasteiger partial charge in [-0.3, -0.25) is 4.99 Å². The number of nitrogens with two attached hydrogens (primary N) is 2. The van der Waals surface area contributed by atoms with Gasteiger partial charge in [-0.05, 0) is 29.7 Å². The Labute approximate surface area is 160 Å². The summed E-state index contributed by atoms with van der Waals surface area (Å²) in [6.45, 7) is 7.04. The lowest BCUT2D eigenvalue weighted by Gasteiger charge is -2.15. The van der Waals surface area contributed by atoms with Crippen LogP contribution in [0.5, 0.6) is 0 Å². The number of nitrogens with one attached hydrogen (secondary N) is 1. The lowest BCUT2D eigenvalue weighted by molar-refractivity contribution is 0.430. The van der Waals surface area contributed by atoms with Crippen LogP contribution in [0.15, 0.2) is 41.5 Å². The van der Waals surface area contributed by atoms with Crippen LogP contribution in [0, 0.1) is 16.7 Å². The van der Waals surface area contributed by atoms with E-state index in [2.05, 4.69) is 42.1 Å². The van der Waals surface area contributed by atoms with Crippen molar-refractivity contribution in [3.8, 4) is 17.3 Å². The zero-order chi connectivity index (χ0) is 20.0. The van der Waals surface area contributed by atoms with Crippen molar-refractivity contribution in [2.45, 2.75) is 20.8 Å². The average Bonchev–Trinajstić information content (AvgIpc) is 2.64. The number of hydrogen-bond acceptors (Lipinski definition) is 6. The Hall–Kier alpha value is -3.33. The summed E-state index contributed by atoms with van der Waals surface area (Å²) in [4.78, 5) is 9.00. The number of hydrogen-bond donors (Lipinski definition) is 3. The van der Waals surface area contributed by atoms with Crippen molar-refractivity contribution in [2.24, 2.45) is 16.1 Å². The van der Waals surface area contributed by atoms with Crippen LogP contribution in [0.2, 0.25) is 0 Å². The van der Waals surface area contributed by atoms with E-state index >= 15 is 0 Å². The van der Waals surface area contributed by atoms with Crippen LogP contribution in [0.25, 0.3) is 16.8 Å². The minimum Gasteiger partial charge on any atom is -0.404 e. The highest BCUT2D eigenvalue weighted by Gasteiger charge is 2.14. The van der Waals surface area contributed by atoms with Crippen LogP contribution < -0.4 is 16.8 Å². The highest BCUT2D eigenvalue weighted by Crippen LogP contribution is 2.31. The van der Waals surface area contributed by atoms with E-state index in [1.165, 1.54) is 6.20 Å². The molecule has 6 nitrogen and oxygen atoms in total. The molecule has 5 N–H and O–H groups in total. The van der Waals surface area contributed by atoms with Crippen molar-refractivity contribution in [3.05, 3.63) is 47.8 Å². The number of nitrogen functional groups attached to an aromatic ring is 1. The van der Waals surface area contributed by atoms with Crippen LogP contribution in [-0.2, 0) is 0 Å². The molecule has 1 aromatic carbocycles. The van der Waals surface area contributed by atoms with Crippen molar-refractivity contribution in [1.29, 1.82) is 5.26 Å². The van der Waals surface area contributed by atoms with Crippen molar-refractivity contribution in [1.82, 2.24) is 4.98 Å². The minimum atomic E-state index is 0.0827. The number of nitriles is 1. The van der Waals surface area contributed by atoms with E-state index in [-0.39, 0.29) is 5.41 Å². The summed E-state index contributed by atoms with van der Waals surface area (Å²) in [5, 5.41) is 12.3. The molecule has 0 aliphatic carbocycles. The predicted molar refractivity (Wildman–Crippen MR) is 113 cm³/mol. The lowest BCUT2D eigenvalue weighted by Crippen LogP contribution is -2.09. The molecule has 0 aliphatic rings. The zero-order valence-corrected chi connectivity index (χ0v) is 16.2. The predicted octanol–water partition coefficient (Wildman–Crippen LogP) is 3.66. The summed E-state index contributed by atoms with van der Waals surface area (Å²) < 4.78 is 0. The Kier molecular flexibility index (Phi) is 6.19.